The van der Waals surface area contributed by atoms with Crippen molar-refractivity contribution < 1.29 is 19.4 Å². The van der Waals surface area contributed by atoms with E-state index in [2.05, 4.69) is 23.3 Å². The van der Waals surface area contributed by atoms with Gasteiger partial charge < -0.3 is 14.6 Å². The van der Waals surface area contributed by atoms with E-state index in [0.717, 1.165) is 50.4 Å². The Hall–Kier alpha value is -1.44. The van der Waals surface area contributed by atoms with Gasteiger partial charge >= 0.3 is 5.97 Å². The van der Waals surface area contributed by atoms with Crippen molar-refractivity contribution in [3.63, 3.8) is 0 Å². The number of benzene rings is 1. The van der Waals surface area contributed by atoms with Crippen LogP contribution in [-0.2, 0) is 11.3 Å². The molecule has 1 saturated heterocycles. The number of hydrogen-bond acceptors (Lipinski definition) is 6. The van der Waals surface area contributed by atoms with Crippen molar-refractivity contribution in [3.05, 3.63) is 17.7 Å². The summed E-state index contributed by atoms with van der Waals surface area (Å²) in [6.07, 6.45) is 5.24. The number of rotatable bonds is 6. The highest BCUT2D eigenvalue weighted by Gasteiger charge is 2.23. The first-order valence-electron chi connectivity index (χ1n) is 9.17. The van der Waals surface area contributed by atoms with Crippen LogP contribution >= 0.6 is 11.8 Å². The summed E-state index contributed by atoms with van der Waals surface area (Å²) in [5, 5.41) is 9.01. The molecule has 7 heteroatoms. The van der Waals surface area contributed by atoms with Crippen molar-refractivity contribution in [2.24, 2.45) is 0 Å². The molecule has 0 amide bonds. The largest absolute Gasteiger partial charge is 0.486 e. The van der Waals surface area contributed by atoms with Gasteiger partial charge in [0, 0.05) is 17.5 Å². The van der Waals surface area contributed by atoms with E-state index in [1.54, 1.807) is 11.8 Å². The molecule has 1 fully saturated rings. The highest BCUT2D eigenvalue weighted by atomic mass is 32.2. The first kappa shape index (κ1) is 19.3. The summed E-state index contributed by atoms with van der Waals surface area (Å²) < 4.78 is 11.4. The molecule has 0 aliphatic carbocycles. The van der Waals surface area contributed by atoms with Gasteiger partial charge in [0.15, 0.2) is 11.5 Å². The Bertz CT molecular complexity index is 640. The topological polar surface area (TPSA) is 62.2 Å². The number of likely N-dealkylation sites (N-methyl/N-ethyl adjacent to an activating group) is 1. The molecule has 26 heavy (non-hydrogen) atoms. The lowest BCUT2D eigenvalue weighted by molar-refractivity contribution is -0.138. The summed E-state index contributed by atoms with van der Waals surface area (Å²) in [5.74, 6) is 0.933. The lowest BCUT2D eigenvalue weighted by atomic mass is 10.1. The number of hydrogen-bond donors (Lipinski definition) is 1. The van der Waals surface area contributed by atoms with E-state index in [1.165, 1.54) is 10.5 Å². The Morgan fingerprint density at radius 3 is 2.69 bits per heavy atom. The fourth-order valence-electron chi connectivity index (χ4n) is 3.75. The summed E-state index contributed by atoms with van der Waals surface area (Å²) in [6, 6.07) is 4.56. The molecule has 1 unspecified atom stereocenters. The molecule has 1 aromatic carbocycles. The summed E-state index contributed by atoms with van der Waals surface area (Å²) in [6.45, 7) is 4.24. The van der Waals surface area contributed by atoms with E-state index in [1.807, 2.05) is 11.9 Å². The maximum atomic E-state index is 11.0. The first-order chi connectivity index (χ1) is 12.6. The molecule has 0 aromatic heterocycles. The van der Waals surface area contributed by atoms with Gasteiger partial charge in [-0.25, -0.2) is 0 Å². The molecule has 144 valence electrons. The van der Waals surface area contributed by atoms with E-state index in [4.69, 9.17) is 14.6 Å². The zero-order chi connectivity index (χ0) is 18.5. The molecular weight excluding hydrogens is 352 g/mol. The molecular formula is C19H28N2O4S. The summed E-state index contributed by atoms with van der Waals surface area (Å²) >= 11 is 1.74. The molecule has 3 rings (SSSR count). The number of carboxylic acids is 1. The number of carboxylic acid groups (broad SMARTS) is 1. The summed E-state index contributed by atoms with van der Waals surface area (Å²) in [5.41, 5.74) is 1.28. The molecule has 0 radical (unpaired) electrons. The van der Waals surface area contributed by atoms with Crippen molar-refractivity contribution in [1.82, 2.24) is 9.80 Å². The zero-order valence-electron chi connectivity index (χ0n) is 15.6. The minimum atomic E-state index is -0.755. The Labute approximate surface area is 159 Å². The van der Waals surface area contributed by atoms with E-state index in [9.17, 15) is 4.79 Å². The molecule has 0 saturated carbocycles. The monoisotopic (exact) mass is 380 g/mol. The number of carbonyl (C=O) groups is 1. The molecule has 2 aliphatic heterocycles. The molecule has 1 N–H and O–H groups in total. The molecule has 2 aliphatic rings. The lowest BCUT2D eigenvalue weighted by Crippen LogP contribution is -2.36. The Morgan fingerprint density at radius 2 is 2.00 bits per heavy atom. The van der Waals surface area contributed by atoms with E-state index in [0.29, 0.717) is 19.3 Å². The third-order valence-corrected chi connectivity index (χ3v) is 5.96. The van der Waals surface area contributed by atoms with Crippen LogP contribution < -0.4 is 9.47 Å². The highest BCUT2D eigenvalue weighted by molar-refractivity contribution is 7.98. The second-order valence-corrected chi connectivity index (χ2v) is 7.83. The molecule has 2 heterocycles. The predicted octanol–water partition coefficient (Wildman–Crippen LogP) is 2.55. The van der Waals surface area contributed by atoms with Crippen molar-refractivity contribution >= 4 is 17.7 Å². The van der Waals surface area contributed by atoms with E-state index < -0.39 is 5.97 Å². The van der Waals surface area contributed by atoms with Crippen LogP contribution in [0.2, 0.25) is 0 Å². The van der Waals surface area contributed by atoms with Crippen LogP contribution in [0.3, 0.4) is 0 Å². The average molecular weight is 381 g/mol. The van der Waals surface area contributed by atoms with Gasteiger partial charge in [0.25, 0.3) is 0 Å². The van der Waals surface area contributed by atoms with E-state index >= 15 is 0 Å². The van der Waals surface area contributed by atoms with Crippen LogP contribution in [0.1, 0.15) is 24.8 Å². The third-order valence-electron chi connectivity index (χ3n) is 5.14. The van der Waals surface area contributed by atoms with Crippen LogP contribution in [0.15, 0.2) is 17.0 Å². The average Bonchev–Trinajstić information content (AvgIpc) is 2.86. The summed E-state index contributed by atoms with van der Waals surface area (Å²) in [4.78, 5) is 16.6. The molecule has 0 spiro atoms. The van der Waals surface area contributed by atoms with Gasteiger partial charge in [0.1, 0.15) is 13.2 Å². The SMILES string of the molecule is CSc1cc2c(cc1CN1CCCC(N(C)CC(=O)O)CC1)OCCO2. The molecule has 1 aromatic rings. The molecule has 1 atom stereocenters. The number of ether oxygens (including phenoxy) is 2. The summed E-state index contributed by atoms with van der Waals surface area (Å²) in [7, 11) is 1.92. The number of nitrogens with zero attached hydrogens (tertiary/aromatic N) is 2. The Balaban J connectivity index is 1.65. The van der Waals surface area contributed by atoms with Crippen molar-refractivity contribution in [1.29, 1.82) is 0 Å². The van der Waals surface area contributed by atoms with Crippen LogP contribution in [0.5, 0.6) is 11.5 Å². The number of thioether (sulfide) groups is 1. The van der Waals surface area contributed by atoms with Gasteiger partial charge in [-0.1, -0.05) is 0 Å². The van der Waals surface area contributed by atoms with Gasteiger partial charge in [0.05, 0.1) is 6.54 Å². The highest BCUT2D eigenvalue weighted by Crippen LogP contribution is 2.37. The van der Waals surface area contributed by atoms with Crippen LogP contribution in [0, 0.1) is 0 Å². The van der Waals surface area contributed by atoms with Gasteiger partial charge in [-0.3, -0.25) is 14.6 Å². The zero-order valence-corrected chi connectivity index (χ0v) is 16.4. The second-order valence-electron chi connectivity index (χ2n) is 6.98. The minimum absolute atomic E-state index is 0.115. The molecule has 0 bridgehead atoms. The standard InChI is InChI=1S/C19H28N2O4S/c1-20(13-19(22)23)15-4-3-6-21(7-5-15)12-14-10-16-17(11-18(14)26-2)25-9-8-24-16/h10-11,15H,3-9,12-13H2,1-2H3,(H,22,23). The fourth-order valence-corrected chi connectivity index (χ4v) is 4.36. The van der Waals surface area contributed by atoms with Crippen LogP contribution in [-0.4, -0.2) is 73.1 Å². The normalized spacial score (nSPS) is 20.8. The van der Waals surface area contributed by atoms with Crippen LogP contribution in [0.4, 0.5) is 0 Å². The predicted molar refractivity (Wildman–Crippen MR) is 102 cm³/mol. The van der Waals surface area contributed by atoms with Gasteiger partial charge in [0.2, 0.25) is 0 Å². The molecule has 6 nitrogen and oxygen atoms in total. The first-order valence-corrected chi connectivity index (χ1v) is 10.4. The van der Waals surface area contributed by atoms with E-state index in [-0.39, 0.29) is 6.54 Å². The quantitative estimate of drug-likeness (QED) is 0.761. The van der Waals surface area contributed by atoms with Crippen molar-refractivity contribution in [3.8, 4) is 11.5 Å². The van der Waals surface area contributed by atoms with Gasteiger partial charge in [-0.2, -0.15) is 0 Å². The van der Waals surface area contributed by atoms with Crippen molar-refractivity contribution in [2.45, 2.75) is 36.7 Å². The number of aliphatic carboxylic acids is 1. The third kappa shape index (κ3) is 4.84. The maximum Gasteiger partial charge on any atom is 0.317 e. The second kappa shape index (κ2) is 8.97. The Morgan fingerprint density at radius 1 is 1.27 bits per heavy atom. The smallest absolute Gasteiger partial charge is 0.317 e. The fraction of sp³-hybridized carbons (Fsp3) is 0.632. The van der Waals surface area contributed by atoms with Crippen LogP contribution in [0.25, 0.3) is 0 Å². The van der Waals surface area contributed by atoms with Gasteiger partial charge in [-0.05, 0) is 63.4 Å². The minimum Gasteiger partial charge on any atom is -0.486 e. The number of fused-ring (bicyclic) bond motifs is 1. The number of likely N-dealkylation sites (tertiary alicyclic amines) is 1. The maximum absolute atomic E-state index is 11.0. The lowest BCUT2D eigenvalue weighted by Gasteiger charge is -2.26. The van der Waals surface area contributed by atoms with Crippen molar-refractivity contribution in [2.75, 3.05) is 46.2 Å². The van der Waals surface area contributed by atoms with Gasteiger partial charge in [-0.15, -0.1) is 11.8 Å². The Kier molecular flexibility index (Phi) is 6.67.